The zero-order valence-electron chi connectivity index (χ0n) is 23.0. The minimum atomic E-state index is -0.574. The Labute approximate surface area is 234 Å². The first kappa shape index (κ1) is 28.3. The Kier molecular flexibility index (Phi) is 8.49. The molecule has 204 valence electrons. The maximum Gasteiger partial charge on any atom is 0.338 e. The molecule has 0 aromatic heterocycles. The summed E-state index contributed by atoms with van der Waals surface area (Å²) in [5.74, 6) is -0.850. The summed E-state index contributed by atoms with van der Waals surface area (Å²) >= 11 is 0. The topological polar surface area (TPSA) is 78.9 Å². The predicted octanol–water partition coefficient (Wildman–Crippen LogP) is 7.05. The van der Waals surface area contributed by atoms with Gasteiger partial charge in [0, 0.05) is 34.8 Å². The van der Waals surface area contributed by atoms with E-state index in [1.54, 1.807) is 26.0 Å². The SMILES string of the molecule is C=CC(=O)OCC1CCc2cc(-c3ccc(-c4ccc(OC(=O)C(=C)C)cc4OC(=O)C(=C)C)c(C)c3)ccc21. The number of esters is 3. The molecular weight excluding hydrogens is 504 g/mol. The van der Waals surface area contributed by atoms with Gasteiger partial charge in [-0.3, -0.25) is 0 Å². The number of rotatable bonds is 9. The number of ether oxygens (including phenoxy) is 3. The minimum Gasteiger partial charge on any atom is -0.462 e. The summed E-state index contributed by atoms with van der Waals surface area (Å²) in [6.45, 7) is 16.2. The van der Waals surface area contributed by atoms with Gasteiger partial charge < -0.3 is 14.2 Å². The number of hydrogen-bond acceptors (Lipinski definition) is 6. The lowest BCUT2D eigenvalue weighted by Gasteiger charge is -2.16. The molecule has 0 radical (unpaired) electrons. The van der Waals surface area contributed by atoms with Crippen molar-refractivity contribution in [2.75, 3.05) is 6.61 Å². The van der Waals surface area contributed by atoms with Crippen molar-refractivity contribution >= 4 is 17.9 Å². The predicted molar refractivity (Wildman–Crippen MR) is 155 cm³/mol. The lowest BCUT2D eigenvalue weighted by Crippen LogP contribution is -2.11. The third kappa shape index (κ3) is 6.29. The van der Waals surface area contributed by atoms with Crippen molar-refractivity contribution in [3.05, 3.63) is 108 Å². The fourth-order valence-corrected chi connectivity index (χ4v) is 4.70. The van der Waals surface area contributed by atoms with Gasteiger partial charge in [-0.2, -0.15) is 0 Å². The lowest BCUT2D eigenvalue weighted by atomic mass is 9.93. The molecule has 1 aliphatic rings. The van der Waals surface area contributed by atoms with E-state index >= 15 is 0 Å². The molecule has 3 aromatic rings. The molecular formula is C34H32O6. The maximum absolute atomic E-state index is 12.4. The van der Waals surface area contributed by atoms with Crippen LogP contribution >= 0.6 is 0 Å². The third-order valence-corrected chi connectivity index (χ3v) is 6.85. The van der Waals surface area contributed by atoms with Crippen LogP contribution in [-0.4, -0.2) is 24.5 Å². The fourth-order valence-electron chi connectivity index (χ4n) is 4.70. The van der Waals surface area contributed by atoms with Crippen LogP contribution in [0.1, 0.15) is 42.9 Å². The van der Waals surface area contributed by atoms with Crippen LogP contribution in [0.5, 0.6) is 11.5 Å². The van der Waals surface area contributed by atoms with Gasteiger partial charge in [0.25, 0.3) is 0 Å². The summed E-state index contributed by atoms with van der Waals surface area (Å²) in [6, 6.07) is 17.5. The van der Waals surface area contributed by atoms with Crippen molar-refractivity contribution in [1.82, 2.24) is 0 Å². The second-order valence-corrected chi connectivity index (χ2v) is 10.0. The van der Waals surface area contributed by atoms with Gasteiger partial charge in [-0.05, 0) is 79.1 Å². The van der Waals surface area contributed by atoms with Crippen LogP contribution in [0, 0.1) is 6.92 Å². The van der Waals surface area contributed by atoms with Gasteiger partial charge in [0.1, 0.15) is 11.5 Å². The Morgan fingerprint density at radius 3 is 2.20 bits per heavy atom. The third-order valence-electron chi connectivity index (χ3n) is 6.85. The molecule has 3 aromatic carbocycles. The van der Waals surface area contributed by atoms with Crippen LogP contribution in [0.15, 0.2) is 91.6 Å². The van der Waals surface area contributed by atoms with Crippen molar-refractivity contribution in [2.24, 2.45) is 0 Å². The quantitative estimate of drug-likeness (QED) is 0.166. The summed E-state index contributed by atoms with van der Waals surface area (Å²) in [5.41, 5.74) is 7.65. The highest BCUT2D eigenvalue weighted by Crippen LogP contribution is 2.39. The van der Waals surface area contributed by atoms with E-state index in [1.165, 1.54) is 23.3 Å². The van der Waals surface area contributed by atoms with E-state index < -0.39 is 17.9 Å². The summed E-state index contributed by atoms with van der Waals surface area (Å²) < 4.78 is 16.3. The minimum absolute atomic E-state index is 0.190. The Morgan fingerprint density at radius 2 is 1.52 bits per heavy atom. The summed E-state index contributed by atoms with van der Waals surface area (Å²) in [7, 11) is 0. The molecule has 1 unspecified atom stereocenters. The maximum atomic E-state index is 12.4. The van der Waals surface area contributed by atoms with Gasteiger partial charge in [0.15, 0.2) is 0 Å². The number of aryl methyl sites for hydroxylation is 2. The van der Waals surface area contributed by atoms with Gasteiger partial charge in [0.2, 0.25) is 0 Å². The van der Waals surface area contributed by atoms with Gasteiger partial charge in [-0.1, -0.05) is 56.1 Å². The molecule has 0 bridgehead atoms. The number of fused-ring (bicyclic) bond motifs is 1. The van der Waals surface area contributed by atoms with Crippen molar-refractivity contribution in [2.45, 2.75) is 39.5 Å². The van der Waals surface area contributed by atoms with Crippen LogP contribution in [0.4, 0.5) is 0 Å². The van der Waals surface area contributed by atoms with E-state index in [1.807, 2.05) is 19.1 Å². The van der Waals surface area contributed by atoms with Crippen molar-refractivity contribution in [3.8, 4) is 33.8 Å². The smallest absolute Gasteiger partial charge is 0.338 e. The van der Waals surface area contributed by atoms with Crippen molar-refractivity contribution < 1.29 is 28.6 Å². The van der Waals surface area contributed by atoms with Crippen LogP contribution in [-0.2, 0) is 25.5 Å². The highest BCUT2D eigenvalue weighted by Gasteiger charge is 2.24. The van der Waals surface area contributed by atoms with Crippen LogP contribution < -0.4 is 9.47 Å². The molecule has 6 heteroatoms. The first-order valence-electron chi connectivity index (χ1n) is 13.0. The van der Waals surface area contributed by atoms with E-state index in [0.29, 0.717) is 12.2 Å². The molecule has 0 aliphatic heterocycles. The van der Waals surface area contributed by atoms with Crippen LogP contribution in [0.25, 0.3) is 22.3 Å². The molecule has 4 rings (SSSR count). The number of benzene rings is 3. The number of carbonyl (C=O) groups excluding carboxylic acids is 3. The first-order valence-corrected chi connectivity index (χ1v) is 13.0. The van der Waals surface area contributed by atoms with E-state index in [0.717, 1.165) is 35.1 Å². The Morgan fingerprint density at radius 1 is 0.875 bits per heavy atom. The van der Waals surface area contributed by atoms with Gasteiger partial charge in [-0.25, -0.2) is 14.4 Å². The van der Waals surface area contributed by atoms with E-state index in [2.05, 4.69) is 44.0 Å². The average molecular weight is 537 g/mol. The molecule has 0 saturated carbocycles. The standard InChI is InChI=1S/C34H32O6/c1-7-32(35)38-19-26-9-8-25-17-24(11-14-29(25)26)23-10-13-28(22(6)16-23)30-15-12-27(39-33(36)20(2)3)18-31(30)40-34(37)21(4)5/h7,10-18,26H,1-2,4,8-9,19H2,3,5-6H3. The molecule has 0 saturated heterocycles. The second kappa shape index (κ2) is 12.0. The summed E-state index contributed by atoms with van der Waals surface area (Å²) in [6.07, 6.45) is 3.05. The van der Waals surface area contributed by atoms with Crippen molar-refractivity contribution in [3.63, 3.8) is 0 Å². The molecule has 0 amide bonds. The monoisotopic (exact) mass is 536 g/mol. The highest BCUT2D eigenvalue weighted by atomic mass is 16.5. The average Bonchev–Trinajstić information content (AvgIpc) is 3.34. The van der Waals surface area contributed by atoms with Gasteiger partial charge >= 0.3 is 17.9 Å². The normalized spacial score (nSPS) is 13.6. The van der Waals surface area contributed by atoms with Crippen LogP contribution in [0.2, 0.25) is 0 Å². The second-order valence-electron chi connectivity index (χ2n) is 10.0. The lowest BCUT2D eigenvalue weighted by molar-refractivity contribution is -0.138. The van der Waals surface area contributed by atoms with E-state index in [4.69, 9.17) is 14.2 Å². The summed E-state index contributed by atoms with van der Waals surface area (Å²) in [4.78, 5) is 35.9. The number of hydrogen-bond donors (Lipinski definition) is 0. The zero-order chi connectivity index (χ0) is 29.0. The Bertz CT molecular complexity index is 1540. The molecule has 1 atom stereocenters. The van der Waals surface area contributed by atoms with E-state index in [9.17, 15) is 14.4 Å². The first-order chi connectivity index (χ1) is 19.1. The molecule has 6 nitrogen and oxygen atoms in total. The Balaban J connectivity index is 1.63. The zero-order valence-corrected chi connectivity index (χ0v) is 23.0. The molecule has 0 fully saturated rings. The highest BCUT2D eigenvalue weighted by molar-refractivity contribution is 5.91. The molecule has 40 heavy (non-hydrogen) atoms. The van der Waals surface area contributed by atoms with Gasteiger partial charge in [0.05, 0.1) is 6.61 Å². The largest absolute Gasteiger partial charge is 0.462 e. The molecule has 0 N–H and O–H groups in total. The van der Waals surface area contributed by atoms with Crippen molar-refractivity contribution in [1.29, 1.82) is 0 Å². The van der Waals surface area contributed by atoms with Gasteiger partial charge in [-0.15, -0.1) is 0 Å². The number of carbonyl (C=O) groups is 3. The van der Waals surface area contributed by atoms with Crippen LogP contribution in [0.3, 0.4) is 0 Å². The van der Waals surface area contributed by atoms with E-state index in [-0.39, 0.29) is 28.6 Å². The fraction of sp³-hybridized carbons (Fsp3) is 0.206. The summed E-state index contributed by atoms with van der Waals surface area (Å²) in [5, 5.41) is 0. The Hall–Kier alpha value is -4.71. The molecule has 0 heterocycles. The molecule has 0 spiro atoms. The molecule has 1 aliphatic carbocycles.